The standard InChI is InChI=1S/C27H35NO8/c1-12-10-13(2)27-16(11-19(30)26(33)34-22(12)15(4)29)7-8-17-20(27)21(31)14(3)23(24(17)36-27)35-25(32)18-6-5-9-28-18/h5-10,12,14-17,19-24,28-31H,11H2,1-4H3/b13-10+/t12-,14-,15?,16?,17-,19?,20+,21-,22?,23-,24-,27+/m1/s1. The molecule has 1 saturated heterocycles. The fourth-order valence-corrected chi connectivity index (χ4v) is 6.96. The van der Waals surface area contributed by atoms with Crippen LogP contribution < -0.4 is 0 Å². The average molecular weight is 502 g/mol. The van der Waals surface area contributed by atoms with Crippen molar-refractivity contribution in [3.63, 3.8) is 0 Å². The first kappa shape index (κ1) is 25.2. The molecule has 196 valence electrons. The van der Waals surface area contributed by atoms with Crippen molar-refractivity contribution in [3.05, 3.63) is 47.8 Å². The van der Waals surface area contributed by atoms with Gasteiger partial charge in [-0.25, -0.2) is 9.59 Å². The number of aromatic nitrogens is 1. The highest BCUT2D eigenvalue weighted by atomic mass is 16.6. The van der Waals surface area contributed by atoms with Crippen molar-refractivity contribution in [2.24, 2.45) is 29.6 Å². The monoisotopic (exact) mass is 501 g/mol. The van der Waals surface area contributed by atoms with Gasteiger partial charge in [-0.2, -0.15) is 0 Å². The minimum Gasteiger partial charge on any atom is -0.457 e. The molecule has 0 radical (unpaired) electrons. The Morgan fingerprint density at radius 1 is 1.28 bits per heavy atom. The SMILES string of the molecule is C/C1=C\[C@@H](C)C(C(C)O)OC(=O)C(O)CC2C=C[C@H]3[C@H]4O[C@@]12[C@@H]3[C@H](O)[C@@H](C)[C@H]4OC(=O)c1ccc[nH]1. The zero-order valence-corrected chi connectivity index (χ0v) is 20.9. The number of esters is 2. The summed E-state index contributed by atoms with van der Waals surface area (Å²) in [5.41, 5.74) is 0.141. The lowest BCUT2D eigenvalue weighted by atomic mass is 9.57. The molecule has 2 aliphatic carbocycles. The predicted molar refractivity (Wildman–Crippen MR) is 127 cm³/mol. The van der Waals surface area contributed by atoms with E-state index in [1.165, 1.54) is 0 Å². The second-order valence-electron chi connectivity index (χ2n) is 10.9. The van der Waals surface area contributed by atoms with E-state index in [1.54, 1.807) is 25.3 Å². The number of cyclic esters (lactones) is 1. The summed E-state index contributed by atoms with van der Waals surface area (Å²) in [6, 6.07) is 3.34. The van der Waals surface area contributed by atoms with Crippen LogP contribution in [-0.4, -0.2) is 74.5 Å². The van der Waals surface area contributed by atoms with Crippen molar-refractivity contribution < 1.29 is 39.1 Å². The molecule has 36 heavy (non-hydrogen) atoms. The molecule has 5 rings (SSSR count). The maximum atomic E-state index is 12.8. The zero-order valence-electron chi connectivity index (χ0n) is 20.9. The van der Waals surface area contributed by atoms with Crippen LogP contribution >= 0.6 is 0 Å². The molecule has 9 heteroatoms. The summed E-state index contributed by atoms with van der Waals surface area (Å²) in [4.78, 5) is 28.4. The molecule has 2 fully saturated rings. The first-order valence-electron chi connectivity index (χ1n) is 12.7. The summed E-state index contributed by atoms with van der Waals surface area (Å²) in [6.45, 7) is 7.16. The Morgan fingerprint density at radius 3 is 2.69 bits per heavy atom. The van der Waals surface area contributed by atoms with E-state index in [1.807, 2.05) is 39.0 Å². The number of nitrogens with one attached hydrogen (secondary N) is 1. The number of hydrogen-bond donors (Lipinski definition) is 4. The number of aliphatic hydroxyl groups is 3. The molecule has 4 aliphatic rings. The lowest BCUT2D eigenvalue weighted by molar-refractivity contribution is -0.170. The first-order chi connectivity index (χ1) is 17.1. The lowest BCUT2D eigenvalue weighted by Crippen LogP contribution is -2.57. The second kappa shape index (κ2) is 9.13. The number of ether oxygens (including phenoxy) is 3. The molecule has 12 atom stereocenters. The largest absolute Gasteiger partial charge is 0.457 e. The fourth-order valence-electron chi connectivity index (χ4n) is 6.96. The van der Waals surface area contributed by atoms with Gasteiger partial charge in [0, 0.05) is 35.8 Å². The van der Waals surface area contributed by atoms with E-state index in [-0.39, 0.29) is 24.2 Å². The molecule has 4 bridgehead atoms. The summed E-state index contributed by atoms with van der Waals surface area (Å²) >= 11 is 0. The van der Waals surface area contributed by atoms with E-state index in [4.69, 9.17) is 14.2 Å². The number of rotatable bonds is 3. The van der Waals surface area contributed by atoms with Gasteiger partial charge in [-0.1, -0.05) is 32.1 Å². The number of hydrogen-bond acceptors (Lipinski definition) is 8. The van der Waals surface area contributed by atoms with Crippen LogP contribution in [0.2, 0.25) is 0 Å². The Morgan fingerprint density at radius 2 is 2.03 bits per heavy atom. The molecule has 4 N–H and O–H groups in total. The number of aromatic amines is 1. The van der Waals surface area contributed by atoms with Crippen LogP contribution in [0.3, 0.4) is 0 Å². The third-order valence-electron chi connectivity index (χ3n) is 8.67. The number of carbonyl (C=O) groups excluding carboxylic acids is 2. The van der Waals surface area contributed by atoms with Gasteiger partial charge in [-0.15, -0.1) is 0 Å². The van der Waals surface area contributed by atoms with Crippen LogP contribution in [0.15, 0.2) is 42.1 Å². The number of aliphatic hydroxyl groups excluding tert-OH is 3. The molecule has 0 amide bonds. The van der Waals surface area contributed by atoms with Crippen LogP contribution in [-0.2, 0) is 19.0 Å². The van der Waals surface area contributed by atoms with Crippen molar-refractivity contribution in [1.29, 1.82) is 0 Å². The summed E-state index contributed by atoms with van der Waals surface area (Å²) < 4.78 is 18.2. The van der Waals surface area contributed by atoms with Gasteiger partial charge in [0.15, 0.2) is 6.10 Å². The van der Waals surface area contributed by atoms with Crippen LogP contribution in [0.4, 0.5) is 0 Å². The second-order valence-corrected chi connectivity index (χ2v) is 10.9. The minimum atomic E-state index is -1.42. The number of H-pyrrole nitrogens is 1. The third kappa shape index (κ3) is 3.75. The molecule has 1 aromatic rings. The number of carbonyl (C=O) groups is 2. The van der Waals surface area contributed by atoms with Gasteiger partial charge in [0.2, 0.25) is 0 Å². The van der Waals surface area contributed by atoms with E-state index >= 15 is 0 Å². The molecule has 1 aromatic heterocycles. The fraction of sp³-hybridized carbons (Fsp3) is 0.630. The maximum Gasteiger partial charge on any atom is 0.355 e. The Bertz CT molecular complexity index is 1060. The van der Waals surface area contributed by atoms with Crippen molar-refractivity contribution in [3.8, 4) is 0 Å². The van der Waals surface area contributed by atoms with Gasteiger partial charge in [0.1, 0.15) is 29.6 Å². The Labute approximate surface area is 210 Å². The van der Waals surface area contributed by atoms with Gasteiger partial charge in [-0.3, -0.25) is 0 Å². The van der Waals surface area contributed by atoms with E-state index < -0.39 is 66.0 Å². The summed E-state index contributed by atoms with van der Waals surface area (Å²) in [6.07, 6.45) is 2.25. The topological polar surface area (TPSA) is 138 Å². The van der Waals surface area contributed by atoms with Gasteiger partial charge in [0.25, 0.3) is 0 Å². The van der Waals surface area contributed by atoms with E-state index in [9.17, 15) is 24.9 Å². The van der Waals surface area contributed by atoms with E-state index in [2.05, 4.69) is 4.98 Å². The van der Waals surface area contributed by atoms with E-state index in [0.29, 0.717) is 5.69 Å². The van der Waals surface area contributed by atoms with Crippen LogP contribution in [0.25, 0.3) is 0 Å². The maximum absolute atomic E-state index is 12.8. The molecule has 0 aromatic carbocycles. The molecular formula is C27H35NO8. The average Bonchev–Trinajstić information content (AvgIpc) is 3.43. The van der Waals surface area contributed by atoms with Crippen LogP contribution in [0.5, 0.6) is 0 Å². The molecule has 2 aliphatic heterocycles. The minimum absolute atomic E-state index is 0.0331. The molecule has 3 heterocycles. The van der Waals surface area contributed by atoms with Crippen molar-refractivity contribution in [2.45, 2.75) is 76.3 Å². The van der Waals surface area contributed by atoms with Gasteiger partial charge >= 0.3 is 11.9 Å². The van der Waals surface area contributed by atoms with Gasteiger partial charge in [-0.05, 0) is 38.0 Å². The lowest BCUT2D eigenvalue weighted by Gasteiger charge is -2.48. The predicted octanol–water partition coefficient (Wildman–Crippen LogP) is 1.75. The summed E-state index contributed by atoms with van der Waals surface area (Å²) in [5, 5.41) is 32.7. The smallest absolute Gasteiger partial charge is 0.355 e. The van der Waals surface area contributed by atoms with Crippen molar-refractivity contribution >= 4 is 11.9 Å². The normalized spacial score (nSPS) is 46.2. The summed E-state index contributed by atoms with van der Waals surface area (Å²) in [5.74, 6) is -3.08. The Hall–Kier alpha value is -2.46. The van der Waals surface area contributed by atoms with Crippen molar-refractivity contribution in [2.75, 3.05) is 0 Å². The highest BCUT2D eigenvalue weighted by molar-refractivity contribution is 5.87. The molecule has 1 saturated carbocycles. The quantitative estimate of drug-likeness (QED) is 0.363. The van der Waals surface area contributed by atoms with Gasteiger partial charge < -0.3 is 34.5 Å². The molecule has 9 nitrogen and oxygen atoms in total. The van der Waals surface area contributed by atoms with Crippen LogP contribution in [0.1, 0.15) is 44.6 Å². The Balaban J connectivity index is 1.57. The summed E-state index contributed by atoms with van der Waals surface area (Å²) in [7, 11) is 0. The Kier molecular flexibility index (Phi) is 6.39. The highest BCUT2D eigenvalue weighted by Gasteiger charge is 2.69. The first-order valence-corrected chi connectivity index (χ1v) is 12.7. The van der Waals surface area contributed by atoms with Crippen LogP contribution in [0, 0.1) is 29.6 Å². The van der Waals surface area contributed by atoms with Gasteiger partial charge in [0.05, 0.1) is 12.2 Å². The highest BCUT2D eigenvalue weighted by Crippen LogP contribution is 2.61. The molecule has 4 unspecified atom stereocenters. The third-order valence-corrected chi connectivity index (χ3v) is 8.67. The molecular weight excluding hydrogens is 466 g/mol. The molecule has 1 spiro atoms. The van der Waals surface area contributed by atoms with E-state index in [0.717, 1.165) is 5.57 Å². The zero-order chi connectivity index (χ0) is 25.9. The van der Waals surface area contributed by atoms with Crippen molar-refractivity contribution in [1.82, 2.24) is 4.98 Å².